The molecule has 18 heavy (non-hydrogen) atoms. The minimum absolute atomic E-state index is 0.124. The SMILES string of the molecule is O=C(c1ccc(=O)[nH]n1)N1CCCCC1CCCl. The highest BCUT2D eigenvalue weighted by Gasteiger charge is 2.27. The minimum Gasteiger partial charge on any atom is -0.334 e. The maximum atomic E-state index is 12.3. The molecule has 98 valence electrons. The fraction of sp³-hybridized carbons (Fsp3) is 0.583. The van der Waals surface area contributed by atoms with Crippen molar-refractivity contribution in [1.82, 2.24) is 15.1 Å². The average molecular weight is 270 g/mol. The topological polar surface area (TPSA) is 66.1 Å². The van der Waals surface area contributed by atoms with Gasteiger partial charge in [0, 0.05) is 24.5 Å². The van der Waals surface area contributed by atoms with Gasteiger partial charge in [-0.15, -0.1) is 11.6 Å². The molecule has 1 aliphatic rings. The predicted molar refractivity (Wildman–Crippen MR) is 68.9 cm³/mol. The van der Waals surface area contributed by atoms with Gasteiger partial charge in [-0.2, -0.15) is 5.10 Å². The second-order valence-corrected chi connectivity index (χ2v) is 4.81. The van der Waals surface area contributed by atoms with E-state index in [0.29, 0.717) is 5.88 Å². The lowest BCUT2D eigenvalue weighted by atomic mass is 9.99. The van der Waals surface area contributed by atoms with Crippen molar-refractivity contribution in [2.45, 2.75) is 31.7 Å². The molecule has 2 rings (SSSR count). The van der Waals surface area contributed by atoms with Gasteiger partial charge in [0.25, 0.3) is 11.5 Å². The van der Waals surface area contributed by atoms with Crippen LogP contribution in [-0.2, 0) is 0 Å². The van der Waals surface area contributed by atoms with E-state index >= 15 is 0 Å². The summed E-state index contributed by atoms with van der Waals surface area (Å²) in [4.78, 5) is 25.0. The molecule has 0 radical (unpaired) electrons. The van der Waals surface area contributed by atoms with Crippen LogP contribution in [0, 0.1) is 0 Å². The Bertz CT molecular complexity index is 452. The molecule has 1 atom stereocenters. The second kappa shape index (κ2) is 6.00. The number of nitrogens with zero attached hydrogens (tertiary/aromatic N) is 2. The van der Waals surface area contributed by atoms with Gasteiger partial charge in [0.1, 0.15) is 5.69 Å². The predicted octanol–water partition coefficient (Wildman–Crippen LogP) is 1.39. The fourth-order valence-corrected chi connectivity index (χ4v) is 2.56. The molecule has 0 aromatic carbocycles. The van der Waals surface area contributed by atoms with Gasteiger partial charge >= 0.3 is 0 Å². The standard InChI is InChI=1S/C12H16ClN3O2/c13-7-6-9-3-1-2-8-16(9)12(18)10-4-5-11(17)15-14-10/h4-5,9H,1-3,6-8H2,(H,15,17). The lowest BCUT2D eigenvalue weighted by Crippen LogP contribution is -2.44. The Labute approximate surface area is 110 Å². The Morgan fingerprint density at radius 2 is 2.33 bits per heavy atom. The average Bonchev–Trinajstić information content (AvgIpc) is 2.40. The number of halogens is 1. The molecule has 2 heterocycles. The maximum absolute atomic E-state index is 12.3. The van der Waals surface area contributed by atoms with Crippen LogP contribution in [0.25, 0.3) is 0 Å². The van der Waals surface area contributed by atoms with Gasteiger partial charge in [-0.25, -0.2) is 5.10 Å². The second-order valence-electron chi connectivity index (χ2n) is 4.43. The Hall–Kier alpha value is -1.36. The fourth-order valence-electron chi connectivity index (χ4n) is 2.30. The van der Waals surface area contributed by atoms with Crippen LogP contribution < -0.4 is 5.56 Å². The molecule has 0 spiro atoms. The van der Waals surface area contributed by atoms with Crippen molar-refractivity contribution >= 4 is 17.5 Å². The number of likely N-dealkylation sites (tertiary alicyclic amines) is 1. The summed E-state index contributed by atoms with van der Waals surface area (Å²) in [6.45, 7) is 0.737. The van der Waals surface area contributed by atoms with E-state index in [1.165, 1.54) is 12.1 Å². The number of H-pyrrole nitrogens is 1. The van der Waals surface area contributed by atoms with Crippen molar-refractivity contribution in [3.8, 4) is 0 Å². The first-order valence-corrected chi connectivity index (χ1v) is 6.68. The lowest BCUT2D eigenvalue weighted by molar-refractivity contribution is 0.0602. The smallest absolute Gasteiger partial charge is 0.274 e. The Balaban J connectivity index is 2.15. The van der Waals surface area contributed by atoms with E-state index in [1.54, 1.807) is 0 Å². The molecule has 1 amide bonds. The summed E-state index contributed by atoms with van der Waals surface area (Å²) in [7, 11) is 0. The van der Waals surface area contributed by atoms with Crippen LogP contribution in [0.4, 0.5) is 0 Å². The molecule has 1 N–H and O–H groups in total. The van der Waals surface area contributed by atoms with Gasteiger partial charge < -0.3 is 4.90 Å². The molecule has 0 bridgehead atoms. The molecule has 1 unspecified atom stereocenters. The normalized spacial score (nSPS) is 19.8. The molecule has 5 nitrogen and oxygen atoms in total. The number of rotatable bonds is 3. The van der Waals surface area contributed by atoms with Gasteiger partial charge in [0.05, 0.1) is 0 Å². The van der Waals surface area contributed by atoms with Crippen LogP contribution in [-0.4, -0.2) is 39.5 Å². The van der Waals surface area contributed by atoms with Crippen molar-refractivity contribution in [3.05, 3.63) is 28.2 Å². The molecule has 1 aromatic heterocycles. The van der Waals surface area contributed by atoms with Gasteiger partial charge in [-0.05, 0) is 31.7 Å². The molecule has 0 saturated carbocycles. The highest BCUT2D eigenvalue weighted by Crippen LogP contribution is 2.21. The van der Waals surface area contributed by atoms with Crippen molar-refractivity contribution in [1.29, 1.82) is 0 Å². The summed E-state index contributed by atoms with van der Waals surface area (Å²) in [5.41, 5.74) is -0.0152. The van der Waals surface area contributed by atoms with Gasteiger partial charge in [0.15, 0.2) is 0 Å². The van der Waals surface area contributed by atoms with Gasteiger partial charge in [-0.1, -0.05) is 0 Å². The molecule has 0 aliphatic carbocycles. The highest BCUT2D eigenvalue weighted by molar-refractivity contribution is 6.17. The number of amides is 1. The van der Waals surface area contributed by atoms with Gasteiger partial charge in [-0.3, -0.25) is 9.59 Å². The van der Waals surface area contributed by atoms with Gasteiger partial charge in [0.2, 0.25) is 0 Å². The van der Waals surface area contributed by atoms with E-state index in [2.05, 4.69) is 10.2 Å². The third kappa shape index (κ3) is 2.90. The number of carbonyl (C=O) groups is 1. The summed E-state index contributed by atoms with van der Waals surface area (Å²) >= 11 is 5.77. The molecule has 6 heteroatoms. The van der Waals surface area contributed by atoms with Crippen LogP contribution in [0.5, 0.6) is 0 Å². The van der Waals surface area contributed by atoms with E-state index < -0.39 is 0 Å². The van der Waals surface area contributed by atoms with Crippen molar-refractivity contribution in [2.75, 3.05) is 12.4 Å². The molecule has 1 aliphatic heterocycles. The van der Waals surface area contributed by atoms with E-state index in [9.17, 15) is 9.59 Å². The van der Waals surface area contributed by atoms with E-state index in [0.717, 1.165) is 32.2 Å². The Kier molecular flexibility index (Phi) is 4.36. The number of aromatic nitrogens is 2. The number of nitrogens with one attached hydrogen (secondary N) is 1. The quantitative estimate of drug-likeness (QED) is 0.844. The highest BCUT2D eigenvalue weighted by atomic mass is 35.5. The van der Waals surface area contributed by atoms with Crippen LogP contribution in [0.3, 0.4) is 0 Å². The van der Waals surface area contributed by atoms with Crippen molar-refractivity contribution in [2.24, 2.45) is 0 Å². The monoisotopic (exact) mass is 269 g/mol. The summed E-state index contributed by atoms with van der Waals surface area (Å²) in [6, 6.07) is 2.98. The first-order chi connectivity index (χ1) is 8.72. The first-order valence-electron chi connectivity index (χ1n) is 6.15. The maximum Gasteiger partial charge on any atom is 0.274 e. The van der Waals surface area contributed by atoms with Crippen LogP contribution >= 0.6 is 11.6 Å². The summed E-state index contributed by atoms with van der Waals surface area (Å²) < 4.78 is 0. The third-order valence-corrected chi connectivity index (χ3v) is 3.45. The number of aromatic amines is 1. The summed E-state index contributed by atoms with van der Waals surface area (Å²) in [5, 5.41) is 6.07. The molecular formula is C12H16ClN3O2. The van der Waals surface area contributed by atoms with Crippen molar-refractivity contribution in [3.63, 3.8) is 0 Å². The number of hydrogen-bond donors (Lipinski definition) is 1. The van der Waals surface area contributed by atoms with E-state index in [1.807, 2.05) is 4.90 Å². The van der Waals surface area contributed by atoms with Crippen LogP contribution in [0.2, 0.25) is 0 Å². The Morgan fingerprint density at radius 1 is 1.50 bits per heavy atom. The molecule has 1 saturated heterocycles. The third-order valence-electron chi connectivity index (χ3n) is 3.23. The number of piperidine rings is 1. The lowest BCUT2D eigenvalue weighted by Gasteiger charge is -2.35. The molecule has 1 fully saturated rings. The number of hydrogen-bond acceptors (Lipinski definition) is 3. The number of carbonyl (C=O) groups excluding carboxylic acids is 1. The van der Waals surface area contributed by atoms with Crippen LogP contribution in [0.15, 0.2) is 16.9 Å². The minimum atomic E-state index is -0.303. The first kappa shape index (κ1) is 13.1. The summed E-state index contributed by atoms with van der Waals surface area (Å²) in [5.74, 6) is 0.425. The van der Waals surface area contributed by atoms with E-state index in [4.69, 9.17) is 11.6 Å². The zero-order valence-electron chi connectivity index (χ0n) is 10.1. The zero-order chi connectivity index (χ0) is 13.0. The zero-order valence-corrected chi connectivity index (χ0v) is 10.8. The molecular weight excluding hydrogens is 254 g/mol. The van der Waals surface area contributed by atoms with Crippen molar-refractivity contribution < 1.29 is 4.79 Å². The Morgan fingerprint density at radius 3 is 3.00 bits per heavy atom. The largest absolute Gasteiger partial charge is 0.334 e. The number of alkyl halides is 1. The van der Waals surface area contributed by atoms with Crippen LogP contribution in [0.1, 0.15) is 36.2 Å². The summed E-state index contributed by atoms with van der Waals surface area (Å²) in [6.07, 6.45) is 3.93. The van der Waals surface area contributed by atoms with E-state index in [-0.39, 0.29) is 23.2 Å². The molecule has 1 aromatic rings.